The molecule has 0 fully saturated rings. The van der Waals surface area contributed by atoms with Crippen LogP contribution in [0.25, 0.3) is 0 Å². The minimum atomic E-state index is -0.468. The topological polar surface area (TPSA) is 74.4 Å². The van der Waals surface area contributed by atoms with Gasteiger partial charge >= 0.3 is 5.69 Å². The first-order valence-electron chi connectivity index (χ1n) is 6.67. The van der Waals surface area contributed by atoms with Crippen LogP contribution in [0, 0.1) is 10.1 Å². The summed E-state index contributed by atoms with van der Waals surface area (Å²) in [5.74, 6) is 0.249. The average Bonchev–Trinajstić information content (AvgIpc) is 2.49. The Morgan fingerprint density at radius 2 is 2.05 bits per heavy atom. The summed E-state index contributed by atoms with van der Waals surface area (Å²) in [6.07, 6.45) is 4.14. The smallest absolute Gasteiger partial charge is 0.310 e. The predicted molar refractivity (Wildman–Crippen MR) is 78.7 cm³/mol. The highest BCUT2D eigenvalue weighted by Crippen LogP contribution is 2.25. The quantitative estimate of drug-likeness (QED) is 0.604. The van der Waals surface area contributed by atoms with E-state index in [0.717, 1.165) is 5.56 Å². The molecule has 0 spiro atoms. The molecule has 0 saturated heterocycles. The van der Waals surface area contributed by atoms with E-state index in [1.807, 2.05) is 11.5 Å². The summed E-state index contributed by atoms with van der Waals surface area (Å²) in [7, 11) is 0. The Balaban J connectivity index is 2.02. The third-order valence-corrected chi connectivity index (χ3v) is 3.11. The molecule has 0 aliphatic heterocycles. The monoisotopic (exact) mass is 288 g/mol. The van der Waals surface area contributed by atoms with E-state index < -0.39 is 4.92 Å². The second-order valence-electron chi connectivity index (χ2n) is 4.50. The van der Waals surface area contributed by atoms with Crippen LogP contribution in [0.15, 0.2) is 47.5 Å². The van der Waals surface area contributed by atoms with Gasteiger partial charge in [0.2, 0.25) is 0 Å². The molecule has 2 rings (SSSR count). The van der Waals surface area contributed by atoms with E-state index >= 15 is 0 Å². The van der Waals surface area contributed by atoms with Gasteiger partial charge in [0.25, 0.3) is 0 Å². The summed E-state index contributed by atoms with van der Waals surface area (Å²) in [6, 6.07) is 7.78. The number of rotatable bonds is 6. The Hall–Kier alpha value is -2.63. The first-order chi connectivity index (χ1) is 10.1. The van der Waals surface area contributed by atoms with Crippen LogP contribution in [0.1, 0.15) is 12.5 Å². The standard InChI is InChI=1S/C15H16N2O4/c1-2-12-11-16(8-7-14(12)18)9-10-21-15-6-4-3-5-13(15)17(19)20/h3-8,11H,2,9-10H2,1H3. The van der Waals surface area contributed by atoms with Crippen LogP contribution in [-0.2, 0) is 13.0 Å². The number of para-hydroxylation sites is 2. The third-order valence-electron chi connectivity index (χ3n) is 3.11. The molecule has 0 N–H and O–H groups in total. The fourth-order valence-corrected chi connectivity index (χ4v) is 1.97. The predicted octanol–water partition coefficient (Wildman–Crippen LogP) is 2.40. The van der Waals surface area contributed by atoms with Gasteiger partial charge in [0.05, 0.1) is 11.5 Å². The Kier molecular flexibility index (Phi) is 4.71. The normalized spacial score (nSPS) is 10.3. The molecule has 1 aromatic heterocycles. The van der Waals surface area contributed by atoms with Crippen LogP contribution in [0.4, 0.5) is 5.69 Å². The van der Waals surface area contributed by atoms with Gasteiger partial charge < -0.3 is 9.30 Å². The fourth-order valence-electron chi connectivity index (χ4n) is 1.97. The second-order valence-corrected chi connectivity index (χ2v) is 4.50. The van der Waals surface area contributed by atoms with Crippen molar-refractivity contribution < 1.29 is 9.66 Å². The first-order valence-corrected chi connectivity index (χ1v) is 6.67. The molecule has 1 aromatic carbocycles. The molecule has 110 valence electrons. The van der Waals surface area contributed by atoms with Gasteiger partial charge in [-0.05, 0) is 12.5 Å². The number of nitro groups is 1. The number of hydrogen-bond acceptors (Lipinski definition) is 4. The Morgan fingerprint density at radius 1 is 1.29 bits per heavy atom. The minimum absolute atomic E-state index is 0.0216. The molecular formula is C15H16N2O4. The van der Waals surface area contributed by atoms with Crippen molar-refractivity contribution in [2.24, 2.45) is 0 Å². The Bertz CT molecular complexity index is 694. The van der Waals surface area contributed by atoms with Crippen LogP contribution in [0.3, 0.4) is 0 Å². The van der Waals surface area contributed by atoms with Crippen molar-refractivity contribution in [1.29, 1.82) is 0 Å². The number of nitrogens with zero attached hydrogens (tertiary/aromatic N) is 2. The zero-order valence-electron chi connectivity index (χ0n) is 11.7. The van der Waals surface area contributed by atoms with Gasteiger partial charge in [-0.25, -0.2) is 0 Å². The number of nitro benzene ring substituents is 1. The SMILES string of the molecule is CCc1cn(CCOc2ccccc2[N+](=O)[O-])ccc1=O. The lowest BCUT2D eigenvalue weighted by Gasteiger charge is -2.10. The molecule has 0 atom stereocenters. The van der Waals surface area contributed by atoms with Crippen molar-refractivity contribution in [2.75, 3.05) is 6.61 Å². The second kappa shape index (κ2) is 6.69. The molecule has 0 amide bonds. The van der Waals surface area contributed by atoms with Gasteiger partial charge in [-0.15, -0.1) is 0 Å². The Labute approximate surface area is 121 Å². The van der Waals surface area contributed by atoms with Crippen molar-refractivity contribution in [3.05, 3.63) is 68.6 Å². The molecule has 1 heterocycles. The summed E-state index contributed by atoms with van der Waals surface area (Å²) in [5, 5.41) is 10.9. The van der Waals surface area contributed by atoms with Gasteiger partial charge in [0.15, 0.2) is 11.2 Å². The number of ether oxygens (including phenoxy) is 1. The molecular weight excluding hydrogens is 272 g/mol. The molecule has 0 bridgehead atoms. The van der Waals surface area contributed by atoms with Crippen molar-refractivity contribution in [1.82, 2.24) is 4.57 Å². The largest absolute Gasteiger partial charge is 0.485 e. The van der Waals surface area contributed by atoms with E-state index in [1.54, 1.807) is 30.6 Å². The molecule has 2 aromatic rings. The molecule has 6 nitrogen and oxygen atoms in total. The summed E-state index contributed by atoms with van der Waals surface area (Å²) in [6.45, 7) is 2.72. The first kappa shape index (κ1) is 14.8. The number of aryl methyl sites for hydroxylation is 1. The minimum Gasteiger partial charge on any atom is -0.485 e. The van der Waals surface area contributed by atoms with Crippen molar-refractivity contribution in [3.63, 3.8) is 0 Å². The summed E-state index contributed by atoms with van der Waals surface area (Å²) < 4.78 is 7.31. The Morgan fingerprint density at radius 3 is 2.76 bits per heavy atom. The van der Waals surface area contributed by atoms with Crippen LogP contribution < -0.4 is 10.2 Å². The summed E-state index contributed by atoms with van der Waals surface area (Å²) >= 11 is 0. The van der Waals surface area contributed by atoms with E-state index in [1.165, 1.54) is 12.1 Å². The maximum Gasteiger partial charge on any atom is 0.310 e. The van der Waals surface area contributed by atoms with E-state index in [9.17, 15) is 14.9 Å². The molecule has 0 unspecified atom stereocenters. The van der Waals surface area contributed by atoms with Crippen molar-refractivity contribution in [3.8, 4) is 5.75 Å². The van der Waals surface area contributed by atoms with Crippen LogP contribution >= 0.6 is 0 Å². The van der Waals surface area contributed by atoms with Crippen molar-refractivity contribution in [2.45, 2.75) is 19.9 Å². The number of hydrogen-bond donors (Lipinski definition) is 0. The highest BCUT2D eigenvalue weighted by Gasteiger charge is 2.13. The van der Waals surface area contributed by atoms with Crippen molar-refractivity contribution >= 4 is 5.69 Å². The maximum absolute atomic E-state index is 11.5. The fraction of sp³-hybridized carbons (Fsp3) is 0.267. The van der Waals surface area contributed by atoms with E-state index in [-0.39, 0.29) is 23.5 Å². The zero-order chi connectivity index (χ0) is 15.2. The highest BCUT2D eigenvalue weighted by atomic mass is 16.6. The lowest BCUT2D eigenvalue weighted by molar-refractivity contribution is -0.385. The molecule has 0 aliphatic rings. The van der Waals surface area contributed by atoms with E-state index in [2.05, 4.69) is 0 Å². The van der Waals surface area contributed by atoms with Crippen LogP contribution in [0.5, 0.6) is 5.75 Å². The number of aromatic nitrogens is 1. The molecule has 0 saturated carbocycles. The van der Waals surface area contributed by atoms with Gasteiger partial charge in [-0.3, -0.25) is 14.9 Å². The lowest BCUT2D eigenvalue weighted by Crippen LogP contribution is -2.14. The van der Waals surface area contributed by atoms with E-state index in [0.29, 0.717) is 13.0 Å². The lowest BCUT2D eigenvalue weighted by atomic mass is 10.2. The number of pyridine rings is 1. The molecule has 0 radical (unpaired) electrons. The molecule has 21 heavy (non-hydrogen) atoms. The maximum atomic E-state index is 11.5. The average molecular weight is 288 g/mol. The summed E-state index contributed by atoms with van der Waals surface area (Å²) in [4.78, 5) is 21.9. The van der Waals surface area contributed by atoms with Gasteiger partial charge in [0, 0.05) is 30.1 Å². The molecule has 0 aliphatic carbocycles. The van der Waals surface area contributed by atoms with Crippen LogP contribution in [-0.4, -0.2) is 16.1 Å². The highest BCUT2D eigenvalue weighted by molar-refractivity contribution is 5.45. The van der Waals surface area contributed by atoms with E-state index in [4.69, 9.17) is 4.74 Å². The zero-order valence-corrected chi connectivity index (χ0v) is 11.7. The van der Waals surface area contributed by atoms with Gasteiger partial charge in [0.1, 0.15) is 6.61 Å². The summed E-state index contributed by atoms with van der Waals surface area (Å²) in [5.41, 5.74) is 0.711. The van der Waals surface area contributed by atoms with Crippen LogP contribution in [0.2, 0.25) is 0 Å². The molecule has 6 heteroatoms. The van der Waals surface area contributed by atoms with Gasteiger partial charge in [-0.2, -0.15) is 0 Å². The van der Waals surface area contributed by atoms with Gasteiger partial charge in [-0.1, -0.05) is 19.1 Å². The third kappa shape index (κ3) is 3.68. The number of benzene rings is 1.